The van der Waals surface area contributed by atoms with E-state index >= 15 is 0 Å². The van der Waals surface area contributed by atoms with E-state index < -0.39 is 0 Å². The van der Waals surface area contributed by atoms with Crippen LogP contribution < -0.4 is 4.57 Å². The maximum atomic E-state index is 2.42. The van der Waals surface area contributed by atoms with Crippen LogP contribution in [0.1, 0.15) is 33.4 Å². The first kappa shape index (κ1) is 19.1. The summed E-state index contributed by atoms with van der Waals surface area (Å²) in [5.74, 6) is 1.23. The van der Waals surface area contributed by atoms with Gasteiger partial charge in [0, 0.05) is 24.3 Å². The lowest BCUT2D eigenvalue weighted by atomic mass is 9.98. The average Bonchev–Trinajstić information content (AvgIpc) is 3.42. The van der Waals surface area contributed by atoms with Crippen LogP contribution in [-0.4, -0.2) is 8.97 Å². The first-order valence-corrected chi connectivity index (χ1v) is 11.3. The van der Waals surface area contributed by atoms with E-state index in [1.807, 2.05) is 0 Å². The van der Waals surface area contributed by atoms with E-state index in [-0.39, 0.29) is 0 Å². The Kier molecular flexibility index (Phi) is 4.00. The fraction of sp³-hybridized carbons (Fsp3) is 0.207. The first-order valence-electron chi connectivity index (χ1n) is 11.3. The van der Waals surface area contributed by atoms with Crippen molar-refractivity contribution in [3.63, 3.8) is 0 Å². The maximum absolute atomic E-state index is 2.42. The summed E-state index contributed by atoms with van der Waals surface area (Å²) in [6.07, 6.45) is 9.78. The van der Waals surface area contributed by atoms with Crippen molar-refractivity contribution in [3.8, 4) is 28.2 Å². The summed E-state index contributed by atoms with van der Waals surface area (Å²) in [7, 11) is 2.15. The molecule has 32 heavy (non-hydrogen) atoms. The highest BCUT2D eigenvalue weighted by Crippen LogP contribution is 2.41. The molecule has 0 bridgehead atoms. The third-order valence-corrected chi connectivity index (χ3v) is 6.98. The lowest BCUT2D eigenvalue weighted by Gasteiger charge is -2.13. The molecule has 0 fully saturated rings. The lowest BCUT2D eigenvalue weighted by molar-refractivity contribution is -0.659. The Hall–Kier alpha value is -3.59. The summed E-state index contributed by atoms with van der Waals surface area (Å²) in [4.78, 5) is 0. The molecule has 0 radical (unpaired) electrons. The van der Waals surface area contributed by atoms with Crippen molar-refractivity contribution in [2.75, 3.05) is 0 Å². The highest BCUT2D eigenvalue weighted by molar-refractivity contribution is 5.83. The molecule has 0 saturated carbocycles. The van der Waals surface area contributed by atoms with Crippen molar-refractivity contribution >= 4 is 5.52 Å². The fourth-order valence-corrected chi connectivity index (χ4v) is 5.64. The van der Waals surface area contributed by atoms with Gasteiger partial charge < -0.3 is 4.40 Å². The Labute approximate surface area is 189 Å². The number of pyridine rings is 1. The maximum Gasteiger partial charge on any atom is 0.294 e. The van der Waals surface area contributed by atoms with Crippen LogP contribution in [0, 0.1) is 27.7 Å². The lowest BCUT2D eigenvalue weighted by Crippen LogP contribution is -2.29. The fourth-order valence-electron chi connectivity index (χ4n) is 5.64. The van der Waals surface area contributed by atoms with E-state index in [1.165, 1.54) is 67.1 Å². The normalized spacial score (nSPS) is 12.4. The van der Waals surface area contributed by atoms with Crippen molar-refractivity contribution in [2.45, 2.75) is 34.1 Å². The molecule has 3 heterocycles. The van der Waals surface area contributed by atoms with Gasteiger partial charge in [-0.05, 0) is 90.9 Å². The van der Waals surface area contributed by atoms with Gasteiger partial charge in [-0.15, -0.1) is 0 Å². The van der Waals surface area contributed by atoms with Crippen molar-refractivity contribution in [3.05, 3.63) is 101 Å². The Morgan fingerprint density at radius 3 is 2.31 bits per heavy atom. The zero-order valence-corrected chi connectivity index (χ0v) is 19.4. The second-order valence-electron chi connectivity index (χ2n) is 9.40. The predicted molar refractivity (Wildman–Crippen MR) is 131 cm³/mol. The van der Waals surface area contributed by atoms with Crippen molar-refractivity contribution in [1.29, 1.82) is 0 Å². The summed E-state index contributed by atoms with van der Waals surface area (Å²) >= 11 is 0. The van der Waals surface area contributed by atoms with E-state index in [4.69, 9.17) is 0 Å². The molecule has 0 saturated heterocycles. The summed E-state index contributed by atoms with van der Waals surface area (Å²) in [5, 5.41) is 0. The van der Waals surface area contributed by atoms with Crippen LogP contribution in [0.3, 0.4) is 0 Å². The molecule has 2 aromatic carbocycles. The van der Waals surface area contributed by atoms with E-state index in [9.17, 15) is 0 Å². The molecule has 158 valence electrons. The van der Waals surface area contributed by atoms with Gasteiger partial charge in [-0.2, -0.15) is 4.57 Å². The van der Waals surface area contributed by atoms with Gasteiger partial charge in [-0.3, -0.25) is 0 Å². The van der Waals surface area contributed by atoms with Gasteiger partial charge in [-0.1, -0.05) is 23.8 Å². The number of benzene rings is 2. The average molecular weight is 419 g/mol. The molecule has 3 heteroatoms. The van der Waals surface area contributed by atoms with Crippen LogP contribution in [0.15, 0.2) is 67.3 Å². The quantitative estimate of drug-likeness (QED) is 0.305. The highest BCUT2D eigenvalue weighted by Gasteiger charge is 2.27. The van der Waals surface area contributed by atoms with Crippen molar-refractivity contribution < 1.29 is 4.57 Å². The molecule has 3 aromatic heterocycles. The highest BCUT2D eigenvalue weighted by atomic mass is 15.1. The number of imidazole rings is 1. The molecule has 1 aliphatic rings. The minimum atomic E-state index is 0.985. The van der Waals surface area contributed by atoms with E-state index in [2.05, 4.69) is 116 Å². The molecule has 0 amide bonds. The van der Waals surface area contributed by atoms with Crippen LogP contribution in [0.4, 0.5) is 0 Å². The van der Waals surface area contributed by atoms with Gasteiger partial charge in [0.25, 0.3) is 5.82 Å². The predicted octanol–water partition coefficient (Wildman–Crippen LogP) is 6.03. The van der Waals surface area contributed by atoms with Crippen LogP contribution in [0.2, 0.25) is 0 Å². The van der Waals surface area contributed by atoms with Crippen LogP contribution in [-0.2, 0) is 13.5 Å². The molecule has 0 atom stereocenters. The summed E-state index contributed by atoms with van der Waals surface area (Å²) in [5.41, 5.74) is 14.7. The van der Waals surface area contributed by atoms with E-state index in [0.29, 0.717) is 0 Å². The molecular formula is C29H28N3+. The largest absolute Gasteiger partial charge is 0.324 e. The first-order chi connectivity index (χ1) is 15.4. The standard InChI is InChI=1S/C29H28N3/c1-18-11-20(3)28(21(4)12-18)32-10-9-30(5)29(32)25-15-22-14-23-17-31-8-6-7-24(31)16-27(23)26(22)13-19(25)2/h6-13,15-17H,14H2,1-5H3/q+1. The van der Waals surface area contributed by atoms with Gasteiger partial charge in [-0.25, -0.2) is 4.57 Å². The van der Waals surface area contributed by atoms with Crippen molar-refractivity contribution in [1.82, 2.24) is 8.97 Å². The monoisotopic (exact) mass is 418 g/mol. The van der Waals surface area contributed by atoms with Crippen LogP contribution in [0.5, 0.6) is 0 Å². The number of hydrogen-bond acceptors (Lipinski definition) is 0. The minimum absolute atomic E-state index is 0.985. The number of hydrogen-bond donors (Lipinski definition) is 0. The smallest absolute Gasteiger partial charge is 0.294 e. The molecular weight excluding hydrogens is 390 g/mol. The molecule has 0 aliphatic heterocycles. The summed E-state index contributed by atoms with van der Waals surface area (Å²) < 4.78 is 6.84. The third kappa shape index (κ3) is 2.70. The second kappa shape index (κ2) is 6.70. The number of aryl methyl sites for hydroxylation is 5. The Balaban J connectivity index is 1.54. The molecule has 5 aromatic rings. The van der Waals surface area contributed by atoms with Gasteiger partial charge >= 0.3 is 0 Å². The zero-order chi connectivity index (χ0) is 22.1. The number of rotatable bonds is 2. The molecule has 0 N–H and O–H groups in total. The molecule has 0 unspecified atom stereocenters. The van der Waals surface area contributed by atoms with Gasteiger partial charge in [0.05, 0.1) is 12.6 Å². The van der Waals surface area contributed by atoms with E-state index in [0.717, 1.165) is 6.42 Å². The topological polar surface area (TPSA) is 13.2 Å². The number of aromatic nitrogens is 3. The Morgan fingerprint density at radius 1 is 0.781 bits per heavy atom. The Bertz CT molecular complexity index is 1520. The molecule has 6 rings (SSSR count). The van der Waals surface area contributed by atoms with E-state index in [1.54, 1.807) is 0 Å². The molecule has 1 aliphatic carbocycles. The molecule has 3 nitrogen and oxygen atoms in total. The number of nitrogens with zero attached hydrogens (tertiary/aromatic N) is 3. The zero-order valence-electron chi connectivity index (χ0n) is 19.4. The van der Waals surface area contributed by atoms with Crippen LogP contribution in [0.25, 0.3) is 33.7 Å². The number of fused-ring (bicyclic) bond motifs is 4. The van der Waals surface area contributed by atoms with Gasteiger partial charge in [0.15, 0.2) is 0 Å². The summed E-state index contributed by atoms with van der Waals surface area (Å²) in [6.45, 7) is 8.85. The van der Waals surface area contributed by atoms with Crippen LogP contribution >= 0.6 is 0 Å². The molecule has 0 spiro atoms. The second-order valence-corrected chi connectivity index (χ2v) is 9.40. The third-order valence-electron chi connectivity index (χ3n) is 6.98. The Morgan fingerprint density at radius 2 is 1.53 bits per heavy atom. The van der Waals surface area contributed by atoms with Gasteiger partial charge in [0.2, 0.25) is 0 Å². The van der Waals surface area contributed by atoms with Gasteiger partial charge in [0.1, 0.15) is 18.1 Å². The summed E-state index contributed by atoms with van der Waals surface area (Å²) in [6, 6.07) is 16.0. The SMILES string of the molecule is Cc1cc(C)c(-n2cc[n+](C)c2-c2cc3c(cc2C)-c2cc4cccn4cc2C3)c(C)c1. The van der Waals surface area contributed by atoms with Crippen molar-refractivity contribution in [2.24, 2.45) is 7.05 Å². The minimum Gasteiger partial charge on any atom is -0.324 e.